The topological polar surface area (TPSA) is 57.5 Å². The molecule has 1 rings (SSSR count). The first-order valence-electron chi connectivity index (χ1n) is 3.86. The molecule has 0 amide bonds. The third-order valence-electron chi connectivity index (χ3n) is 1.70. The first-order valence-corrected chi connectivity index (χ1v) is 4.65. The molecule has 0 aliphatic heterocycles. The predicted molar refractivity (Wildman–Crippen MR) is 51.3 cm³/mol. The van der Waals surface area contributed by atoms with Crippen LogP contribution in [0.1, 0.15) is 18.1 Å². The van der Waals surface area contributed by atoms with Crippen molar-refractivity contribution in [3.05, 3.63) is 34.1 Å². The number of benzene rings is 1. The molecule has 2 N–H and O–H groups in total. The number of carboxylic acids is 1. The van der Waals surface area contributed by atoms with Gasteiger partial charge >= 0.3 is 5.97 Å². The lowest BCUT2D eigenvalue weighted by atomic mass is 10.1. The number of rotatable bonds is 3. The van der Waals surface area contributed by atoms with Gasteiger partial charge in [0.15, 0.2) is 0 Å². The molecule has 3 nitrogen and oxygen atoms in total. The molecular formula is C9H8BrFO3. The fraction of sp³-hybridized carbons (Fsp3) is 0.222. The van der Waals surface area contributed by atoms with Crippen molar-refractivity contribution in [3.8, 4) is 0 Å². The van der Waals surface area contributed by atoms with E-state index in [0.29, 0.717) is 4.47 Å². The summed E-state index contributed by atoms with van der Waals surface area (Å²) in [5.74, 6) is -1.79. The number of halogens is 2. The second-order valence-corrected chi connectivity index (χ2v) is 3.60. The zero-order valence-corrected chi connectivity index (χ0v) is 8.66. The lowest BCUT2D eigenvalue weighted by Crippen LogP contribution is -2.07. The molecule has 0 saturated heterocycles. The summed E-state index contributed by atoms with van der Waals surface area (Å²) in [7, 11) is 0. The zero-order valence-electron chi connectivity index (χ0n) is 7.08. The monoisotopic (exact) mass is 262 g/mol. The third-order valence-corrected chi connectivity index (χ3v) is 2.39. The van der Waals surface area contributed by atoms with Crippen molar-refractivity contribution < 1.29 is 19.4 Å². The number of aliphatic hydroxyl groups excluding tert-OH is 1. The second-order valence-electron chi connectivity index (χ2n) is 2.75. The Hall–Kier alpha value is -0.940. The van der Waals surface area contributed by atoms with Gasteiger partial charge in [-0.3, -0.25) is 4.79 Å². The number of carboxylic acid groups (broad SMARTS) is 1. The zero-order chi connectivity index (χ0) is 10.7. The summed E-state index contributed by atoms with van der Waals surface area (Å²) in [6, 6.07) is 4.19. The quantitative estimate of drug-likeness (QED) is 0.877. The molecule has 76 valence electrons. The van der Waals surface area contributed by atoms with Gasteiger partial charge in [-0.2, -0.15) is 0 Å². The maximum atomic E-state index is 13.2. The Bertz CT molecular complexity index is 334. The molecule has 1 aromatic rings. The molecule has 1 atom stereocenters. The molecule has 0 spiro atoms. The Kier molecular flexibility index (Phi) is 3.60. The van der Waals surface area contributed by atoms with Gasteiger partial charge in [-0.25, -0.2) is 4.39 Å². The highest BCUT2D eigenvalue weighted by atomic mass is 79.9. The minimum atomic E-state index is -1.33. The summed E-state index contributed by atoms with van der Waals surface area (Å²) >= 11 is 3.04. The van der Waals surface area contributed by atoms with Crippen LogP contribution in [0.4, 0.5) is 4.39 Å². The number of hydrogen-bond donors (Lipinski definition) is 2. The van der Waals surface area contributed by atoms with Crippen LogP contribution in [0.5, 0.6) is 0 Å². The van der Waals surface area contributed by atoms with Crippen LogP contribution in [0.3, 0.4) is 0 Å². The van der Waals surface area contributed by atoms with Gasteiger partial charge in [-0.05, 0) is 12.1 Å². The molecule has 1 unspecified atom stereocenters. The summed E-state index contributed by atoms with van der Waals surface area (Å²) in [4.78, 5) is 10.3. The smallest absolute Gasteiger partial charge is 0.306 e. The Morgan fingerprint density at radius 1 is 1.57 bits per heavy atom. The van der Waals surface area contributed by atoms with Crippen LogP contribution < -0.4 is 0 Å². The second kappa shape index (κ2) is 4.52. The van der Waals surface area contributed by atoms with Gasteiger partial charge in [0.1, 0.15) is 5.82 Å². The summed E-state index contributed by atoms with van der Waals surface area (Å²) < 4.78 is 13.5. The van der Waals surface area contributed by atoms with Crippen LogP contribution in [0.2, 0.25) is 0 Å². The molecule has 0 radical (unpaired) electrons. The van der Waals surface area contributed by atoms with E-state index < -0.39 is 24.3 Å². The van der Waals surface area contributed by atoms with E-state index in [-0.39, 0.29) is 5.56 Å². The van der Waals surface area contributed by atoms with E-state index in [1.54, 1.807) is 6.07 Å². The average Bonchev–Trinajstić information content (AvgIpc) is 2.01. The van der Waals surface area contributed by atoms with E-state index in [9.17, 15) is 14.3 Å². The normalized spacial score (nSPS) is 12.5. The fourth-order valence-electron chi connectivity index (χ4n) is 1.10. The van der Waals surface area contributed by atoms with Gasteiger partial charge in [0, 0.05) is 10.0 Å². The maximum absolute atomic E-state index is 13.2. The molecule has 0 saturated carbocycles. The molecule has 1 aromatic carbocycles. The van der Waals surface area contributed by atoms with Crippen molar-refractivity contribution in [1.29, 1.82) is 0 Å². The summed E-state index contributed by atoms with van der Waals surface area (Å²) in [5, 5.41) is 17.8. The van der Waals surface area contributed by atoms with Gasteiger partial charge in [0.2, 0.25) is 0 Å². The third kappa shape index (κ3) is 2.52. The average molecular weight is 263 g/mol. The molecule has 5 heteroatoms. The van der Waals surface area contributed by atoms with Crippen LogP contribution in [0.15, 0.2) is 22.7 Å². The highest BCUT2D eigenvalue weighted by molar-refractivity contribution is 9.10. The van der Waals surface area contributed by atoms with Gasteiger partial charge in [0.05, 0.1) is 12.5 Å². The molecule has 0 fully saturated rings. The van der Waals surface area contributed by atoms with Crippen molar-refractivity contribution >= 4 is 21.9 Å². The maximum Gasteiger partial charge on any atom is 0.306 e. The molecule has 0 heterocycles. The molecule has 0 aromatic heterocycles. The molecule has 14 heavy (non-hydrogen) atoms. The number of carbonyl (C=O) groups is 1. The number of aliphatic hydroxyl groups is 1. The minimum Gasteiger partial charge on any atom is -0.481 e. The molecule has 0 bridgehead atoms. The Morgan fingerprint density at radius 2 is 2.21 bits per heavy atom. The van der Waals surface area contributed by atoms with Gasteiger partial charge < -0.3 is 10.2 Å². The van der Waals surface area contributed by atoms with E-state index in [2.05, 4.69) is 15.9 Å². The number of aliphatic carboxylic acids is 1. The fourth-order valence-corrected chi connectivity index (χ4v) is 1.70. The van der Waals surface area contributed by atoms with Crippen molar-refractivity contribution in [2.24, 2.45) is 0 Å². The van der Waals surface area contributed by atoms with E-state index >= 15 is 0 Å². The van der Waals surface area contributed by atoms with Gasteiger partial charge in [0.25, 0.3) is 0 Å². The standard InChI is InChI=1S/C9H8BrFO3/c10-5-2-1-3-6(11)9(5)7(12)4-8(13)14/h1-3,7,12H,4H2,(H,13,14). The van der Waals surface area contributed by atoms with Crippen molar-refractivity contribution in [3.63, 3.8) is 0 Å². The van der Waals surface area contributed by atoms with E-state index in [4.69, 9.17) is 5.11 Å². The molecule has 0 aliphatic carbocycles. The molecular weight excluding hydrogens is 255 g/mol. The first kappa shape index (κ1) is 11.1. The highest BCUT2D eigenvalue weighted by Gasteiger charge is 2.18. The van der Waals surface area contributed by atoms with Crippen LogP contribution in [0.25, 0.3) is 0 Å². The minimum absolute atomic E-state index is 0.0186. The molecule has 0 aliphatic rings. The van der Waals surface area contributed by atoms with Crippen molar-refractivity contribution in [1.82, 2.24) is 0 Å². The van der Waals surface area contributed by atoms with E-state index in [1.165, 1.54) is 12.1 Å². The largest absolute Gasteiger partial charge is 0.481 e. The lowest BCUT2D eigenvalue weighted by molar-refractivity contribution is -0.139. The number of hydrogen-bond acceptors (Lipinski definition) is 2. The van der Waals surface area contributed by atoms with E-state index in [0.717, 1.165) is 0 Å². The van der Waals surface area contributed by atoms with Crippen LogP contribution in [-0.4, -0.2) is 16.2 Å². The van der Waals surface area contributed by atoms with Crippen LogP contribution in [-0.2, 0) is 4.79 Å². The van der Waals surface area contributed by atoms with Gasteiger partial charge in [-0.1, -0.05) is 22.0 Å². The summed E-state index contributed by atoms with van der Waals surface area (Å²) in [5.41, 5.74) is -0.0186. The first-order chi connectivity index (χ1) is 6.52. The van der Waals surface area contributed by atoms with Crippen molar-refractivity contribution in [2.45, 2.75) is 12.5 Å². The Balaban J connectivity index is 2.99. The van der Waals surface area contributed by atoms with E-state index in [1.807, 2.05) is 0 Å². The highest BCUT2D eigenvalue weighted by Crippen LogP contribution is 2.27. The Morgan fingerprint density at radius 3 is 2.71 bits per heavy atom. The Labute approximate surface area is 88.3 Å². The SMILES string of the molecule is O=C(O)CC(O)c1c(F)cccc1Br. The van der Waals surface area contributed by atoms with Gasteiger partial charge in [-0.15, -0.1) is 0 Å². The van der Waals surface area contributed by atoms with Crippen LogP contribution in [0, 0.1) is 5.82 Å². The lowest BCUT2D eigenvalue weighted by Gasteiger charge is -2.11. The predicted octanol–water partition coefficient (Wildman–Crippen LogP) is 2.10. The van der Waals surface area contributed by atoms with Crippen molar-refractivity contribution in [2.75, 3.05) is 0 Å². The summed E-state index contributed by atoms with van der Waals surface area (Å²) in [6.45, 7) is 0. The summed E-state index contributed by atoms with van der Waals surface area (Å²) in [6.07, 6.45) is -1.84. The van der Waals surface area contributed by atoms with Crippen LogP contribution >= 0.6 is 15.9 Å².